The fraction of sp³-hybridized carbons (Fsp3) is 0.562. The molecule has 116 valence electrons. The van der Waals surface area contributed by atoms with Crippen LogP contribution in [0.5, 0.6) is 0 Å². The van der Waals surface area contributed by atoms with E-state index in [1.807, 2.05) is 18.2 Å². The molecular formula is C16H22Br2N2O. The van der Waals surface area contributed by atoms with E-state index in [2.05, 4.69) is 49.0 Å². The van der Waals surface area contributed by atoms with Gasteiger partial charge in [0.05, 0.1) is 5.56 Å². The first-order chi connectivity index (χ1) is 10.1. The molecule has 3 nitrogen and oxygen atoms in total. The molecule has 1 saturated heterocycles. The molecule has 1 aromatic carbocycles. The minimum absolute atomic E-state index is 0.0140. The standard InChI is InChI=1S/C16H22Br2N2O/c1-12(11-20-7-3-2-4-8-20)10-19-16(21)14-6-5-13(17)9-15(14)18/h5-6,9,12H,2-4,7-8,10-11H2,1H3,(H,19,21). The van der Waals surface area contributed by atoms with Crippen molar-refractivity contribution in [1.82, 2.24) is 10.2 Å². The number of carbonyl (C=O) groups is 1. The van der Waals surface area contributed by atoms with Gasteiger partial charge in [-0.1, -0.05) is 29.3 Å². The number of amides is 1. The van der Waals surface area contributed by atoms with Crippen LogP contribution in [0, 0.1) is 5.92 Å². The van der Waals surface area contributed by atoms with Gasteiger partial charge in [0.15, 0.2) is 0 Å². The molecule has 0 radical (unpaired) electrons. The van der Waals surface area contributed by atoms with Crippen LogP contribution < -0.4 is 5.32 Å². The van der Waals surface area contributed by atoms with Crippen molar-refractivity contribution in [3.63, 3.8) is 0 Å². The molecule has 1 amide bonds. The van der Waals surface area contributed by atoms with Crippen molar-refractivity contribution in [3.05, 3.63) is 32.7 Å². The maximum absolute atomic E-state index is 12.2. The van der Waals surface area contributed by atoms with Gasteiger partial charge in [-0.25, -0.2) is 0 Å². The van der Waals surface area contributed by atoms with Crippen LogP contribution in [-0.4, -0.2) is 37.0 Å². The van der Waals surface area contributed by atoms with Crippen molar-refractivity contribution in [3.8, 4) is 0 Å². The molecule has 21 heavy (non-hydrogen) atoms. The molecule has 0 saturated carbocycles. The van der Waals surface area contributed by atoms with Gasteiger partial charge in [-0.15, -0.1) is 0 Å². The Kier molecular flexibility index (Phi) is 6.71. The van der Waals surface area contributed by atoms with Gasteiger partial charge in [-0.05, 0) is 66.0 Å². The Bertz CT molecular complexity index is 487. The van der Waals surface area contributed by atoms with E-state index in [1.54, 1.807) is 0 Å². The van der Waals surface area contributed by atoms with Gasteiger partial charge in [0.25, 0.3) is 5.91 Å². The molecule has 1 aliphatic rings. The predicted octanol–water partition coefficient (Wildman–Crippen LogP) is 4.06. The second kappa shape index (κ2) is 8.30. The summed E-state index contributed by atoms with van der Waals surface area (Å²) in [6, 6.07) is 5.61. The molecule has 1 aromatic rings. The lowest BCUT2D eigenvalue weighted by Crippen LogP contribution is -2.38. The fourth-order valence-corrected chi connectivity index (χ4v) is 3.91. The molecule has 1 aliphatic heterocycles. The minimum atomic E-state index is -0.0140. The number of likely N-dealkylation sites (tertiary alicyclic amines) is 1. The molecule has 0 aliphatic carbocycles. The molecule has 1 fully saturated rings. The van der Waals surface area contributed by atoms with Crippen molar-refractivity contribution < 1.29 is 4.79 Å². The van der Waals surface area contributed by atoms with E-state index in [1.165, 1.54) is 32.4 Å². The SMILES string of the molecule is CC(CNC(=O)c1ccc(Br)cc1Br)CN1CCCCC1. The zero-order chi connectivity index (χ0) is 15.2. The first kappa shape index (κ1) is 17.0. The van der Waals surface area contributed by atoms with Crippen LogP contribution in [-0.2, 0) is 0 Å². The number of hydrogen-bond donors (Lipinski definition) is 1. The fourth-order valence-electron chi connectivity index (χ4n) is 2.68. The summed E-state index contributed by atoms with van der Waals surface area (Å²) in [6.07, 6.45) is 3.98. The third-order valence-corrected chi connectivity index (χ3v) is 4.95. The molecule has 1 N–H and O–H groups in total. The lowest BCUT2D eigenvalue weighted by atomic mass is 10.1. The number of piperidine rings is 1. The number of benzene rings is 1. The highest BCUT2D eigenvalue weighted by molar-refractivity contribution is 9.11. The summed E-state index contributed by atoms with van der Waals surface area (Å²) in [6.45, 7) is 6.40. The van der Waals surface area contributed by atoms with Crippen molar-refractivity contribution in [2.75, 3.05) is 26.2 Å². The number of carbonyl (C=O) groups excluding carboxylic acids is 1. The highest BCUT2D eigenvalue weighted by atomic mass is 79.9. The smallest absolute Gasteiger partial charge is 0.252 e. The number of rotatable bonds is 5. The predicted molar refractivity (Wildman–Crippen MR) is 93.6 cm³/mol. The molecule has 0 spiro atoms. The van der Waals surface area contributed by atoms with Crippen molar-refractivity contribution >= 4 is 37.8 Å². The van der Waals surface area contributed by atoms with E-state index in [4.69, 9.17) is 0 Å². The summed E-state index contributed by atoms with van der Waals surface area (Å²) < 4.78 is 1.78. The maximum Gasteiger partial charge on any atom is 0.252 e. The Balaban J connectivity index is 1.80. The Morgan fingerprint density at radius 3 is 2.67 bits per heavy atom. The number of hydrogen-bond acceptors (Lipinski definition) is 2. The molecular weight excluding hydrogens is 396 g/mol. The van der Waals surface area contributed by atoms with Crippen molar-refractivity contribution in [2.45, 2.75) is 26.2 Å². The molecule has 1 atom stereocenters. The van der Waals surface area contributed by atoms with Crippen LogP contribution in [0.25, 0.3) is 0 Å². The maximum atomic E-state index is 12.2. The van der Waals surface area contributed by atoms with Gasteiger partial charge in [0, 0.05) is 22.0 Å². The van der Waals surface area contributed by atoms with Crippen LogP contribution in [0.3, 0.4) is 0 Å². The Labute approximate surface area is 143 Å². The van der Waals surface area contributed by atoms with Crippen molar-refractivity contribution in [1.29, 1.82) is 0 Å². The normalized spacial score (nSPS) is 17.5. The van der Waals surface area contributed by atoms with Crippen LogP contribution in [0.4, 0.5) is 0 Å². The number of halogens is 2. The van der Waals surface area contributed by atoms with Crippen molar-refractivity contribution in [2.24, 2.45) is 5.92 Å². The average molecular weight is 418 g/mol. The summed E-state index contributed by atoms with van der Waals surface area (Å²) in [4.78, 5) is 14.7. The van der Waals surface area contributed by atoms with E-state index >= 15 is 0 Å². The summed E-state index contributed by atoms with van der Waals surface area (Å²) in [5, 5.41) is 3.04. The second-order valence-corrected chi connectivity index (χ2v) is 7.57. The lowest BCUT2D eigenvalue weighted by molar-refractivity contribution is 0.0942. The summed E-state index contributed by atoms with van der Waals surface area (Å²) in [7, 11) is 0. The molecule has 0 aromatic heterocycles. The van der Waals surface area contributed by atoms with Gasteiger partial charge in [-0.2, -0.15) is 0 Å². The number of nitrogens with one attached hydrogen (secondary N) is 1. The molecule has 0 bridgehead atoms. The van der Waals surface area contributed by atoms with Gasteiger partial charge in [0.1, 0.15) is 0 Å². The molecule has 1 unspecified atom stereocenters. The quantitative estimate of drug-likeness (QED) is 0.783. The minimum Gasteiger partial charge on any atom is -0.352 e. The molecule has 5 heteroatoms. The van der Waals surface area contributed by atoms with E-state index in [0.717, 1.165) is 22.0 Å². The zero-order valence-corrected chi connectivity index (χ0v) is 15.5. The topological polar surface area (TPSA) is 32.3 Å². The zero-order valence-electron chi connectivity index (χ0n) is 12.4. The second-order valence-electron chi connectivity index (χ2n) is 5.80. The van der Waals surface area contributed by atoms with E-state index in [0.29, 0.717) is 11.5 Å². The highest BCUT2D eigenvalue weighted by Gasteiger charge is 2.15. The summed E-state index contributed by atoms with van der Waals surface area (Å²) in [5.74, 6) is 0.459. The highest BCUT2D eigenvalue weighted by Crippen LogP contribution is 2.21. The first-order valence-electron chi connectivity index (χ1n) is 7.52. The Morgan fingerprint density at radius 1 is 1.29 bits per heavy atom. The molecule has 2 rings (SSSR count). The van der Waals surface area contributed by atoms with E-state index < -0.39 is 0 Å². The van der Waals surface area contributed by atoms with Crippen LogP contribution in [0.15, 0.2) is 27.1 Å². The third kappa shape index (κ3) is 5.38. The number of nitrogens with zero attached hydrogens (tertiary/aromatic N) is 1. The largest absolute Gasteiger partial charge is 0.352 e. The van der Waals surface area contributed by atoms with Gasteiger partial charge in [0.2, 0.25) is 0 Å². The molecule has 1 heterocycles. The van der Waals surface area contributed by atoms with Gasteiger partial charge in [-0.3, -0.25) is 4.79 Å². The third-order valence-electron chi connectivity index (χ3n) is 3.81. The summed E-state index contributed by atoms with van der Waals surface area (Å²) >= 11 is 6.83. The first-order valence-corrected chi connectivity index (χ1v) is 9.10. The average Bonchev–Trinajstić information content (AvgIpc) is 2.46. The van der Waals surface area contributed by atoms with Gasteiger partial charge < -0.3 is 10.2 Å². The van der Waals surface area contributed by atoms with Gasteiger partial charge >= 0.3 is 0 Å². The van der Waals surface area contributed by atoms with Crippen LogP contribution in [0.1, 0.15) is 36.5 Å². The summed E-state index contributed by atoms with van der Waals surface area (Å²) in [5.41, 5.74) is 0.684. The monoisotopic (exact) mass is 416 g/mol. The Morgan fingerprint density at radius 2 is 2.00 bits per heavy atom. The lowest BCUT2D eigenvalue weighted by Gasteiger charge is -2.29. The van der Waals surface area contributed by atoms with Crippen LogP contribution >= 0.6 is 31.9 Å². The Hall–Kier alpha value is -0.390. The van der Waals surface area contributed by atoms with E-state index in [9.17, 15) is 4.79 Å². The van der Waals surface area contributed by atoms with E-state index in [-0.39, 0.29) is 5.91 Å². The van der Waals surface area contributed by atoms with Crippen LogP contribution in [0.2, 0.25) is 0 Å².